The van der Waals surface area contributed by atoms with E-state index in [-0.39, 0.29) is 6.04 Å². The largest absolute Gasteiger partial charge is 0.309 e. The smallest absolute Gasteiger partial charge is 0.0624 e. The maximum atomic E-state index is 6.26. The van der Waals surface area contributed by atoms with Gasteiger partial charge in [-0.15, -0.1) is 11.3 Å². The Morgan fingerprint density at radius 1 is 1.47 bits per heavy atom. The van der Waals surface area contributed by atoms with Crippen LogP contribution < -0.4 is 5.32 Å². The Labute approximate surface area is 123 Å². The van der Waals surface area contributed by atoms with Crippen LogP contribution in [-0.2, 0) is 19.9 Å². The fraction of sp³-hybridized carbons (Fsp3) is 0.500. The van der Waals surface area contributed by atoms with E-state index in [4.69, 9.17) is 11.6 Å². The third kappa shape index (κ3) is 3.38. The lowest BCUT2D eigenvalue weighted by Crippen LogP contribution is -2.23. The third-order valence-electron chi connectivity index (χ3n) is 3.21. The summed E-state index contributed by atoms with van der Waals surface area (Å²) in [5.41, 5.74) is 2.39. The highest BCUT2D eigenvalue weighted by Gasteiger charge is 2.18. The van der Waals surface area contributed by atoms with E-state index in [0.29, 0.717) is 0 Å². The Morgan fingerprint density at radius 3 is 2.79 bits per heavy atom. The molecular formula is C14H20ClN3S. The summed E-state index contributed by atoms with van der Waals surface area (Å²) in [5.74, 6) is 0. The summed E-state index contributed by atoms with van der Waals surface area (Å²) in [6, 6.07) is 4.41. The van der Waals surface area contributed by atoms with Gasteiger partial charge in [-0.2, -0.15) is 5.10 Å². The number of hydrogen-bond acceptors (Lipinski definition) is 3. The van der Waals surface area contributed by atoms with Crippen molar-refractivity contribution in [3.63, 3.8) is 0 Å². The highest BCUT2D eigenvalue weighted by molar-refractivity contribution is 7.10. The fourth-order valence-electron chi connectivity index (χ4n) is 2.20. The van der Waals surface area contributed by atoms with Crippen LogP contribution in [0.3, 0.4) is 0 Å². The molecule has 2 aromatic heterocycles. The molecule has 104 valence electrons. The summed E-state index contributed by atoms with van der Waals surface area (Å²) in [6.07, 6.45) is 1.89. The Kier molecular flexibility index (Phi) is 5.02. The number of hydrogen-bond donors (Lipinski definition) is 1. The van der Waals surface area contributed by atoms with Gasteiger partial charge >= 0.3 is 0 Å². The van der Waals surface area contributed by atoms with Crippen LogP contribution >= 0.6 is 22.9 Å². The molecule has 0 amide bonds. The standard InChI is InChI=1S/C14H20ClN3S/c1-4-10-8-11(18(3)17-10)9-13(16-5-2)14-12(15)6-7-19-14/h6-8,13,16H,4-5,9H2,1-3H3. The van der Waals surface area contributed by atoms with Crippen LogP contribution in [0.25, 0.3) is 0 Å². The molecule has 0 saturated heterocycles. The molecule has 1 atom stereocenters. The number of rotatable bonds is 6. The first-order chi connectivity index (χ1) is 9.15. The lowest BCUT2D eigenvalue weighted by molar-refractivity contribution is 0.536. The van der Waals surface area contributed by atoms with Gasteiger partial charge in [-0.3, -0.25) is 4.68 Å². The lowest BCUT2D eigenvalue weighted by atomic mass is 10.1. The van der Waals surface area contributed by atoms with Gasteiger partial charge in [-0.25, -0.2) is 0 Å². The number of thiophene rings is 1. The highest BCUT2D eigenvalue weighted by Crippen LogP contribution is 2.30. The van der Waals surface area contributed by atoms with Crippen LogP contribution in [0, 0.1) is 0 Å². The molecule has 1 unspecified atom stereocenters. The summed E-state index contributed by atoms with van der Waals surface area (Å²) in [4.78, 5) is 1.21. The van der Waals surface area contributed by atoms with Crippen molar-refractivity contribution in [1.82, 2.24) is 15.1 Å². The molecule has 0 radical (unpaired) electrons. The summed E-state index contributed by atoms with van der Waals surface area (Å²) in [5, 5.41) is 10.9. The van der Waals surface area contributed by atoms with E-state index < -0.39 is 0 Å². The van der Waals surface area contributed by atoms with Crippen molar-refractivity contribution in [3.8, 4) is 0 Å². The molecule has 0 aliphatic heterocycles. The summed E-state index contributed by atoms with van der Waals surface area (Å²) >= 11 is 7.97. The van der Waals surface area contributed by atoms with Crippen molar-refractivity contribution >= 4 is 22.9 Å². The van der Waals surface area contributed by atoms with Crippen LogP contribution in [0.4, 0.5) is 0 Å². The van der Waals surface area contributed by atoms with E-state index in [1.54, 1.807) is 11.3 Å². The van der Waals surface area contributed by atoms with Crippen LogP contribution in [0.15, 0.2) is 17.5 Å². The van der Waals surface area contributed by atoms with Crippen LogP contribution in [0.1, 0.15) is 36.2 Å². The van der Waals surface area contributed by atoms with Gasteiger partial charge in [0.05, 0.1) is 10.7 Å². The first-order valence-corrected chi connectivity index (χ1v) is 7.89. The van der Waals surface area contributed by atoms with Crippen molar-refractivity contribution in [2.75, 3.05) is 6.54 Å². The second-order valence-corrected chi connectivity index (χ2v) is 5.91. The number of halogens is 1. The van der Waals surface area contributed by atoms with E-state index in [0.717, 1.165) is 30.1 Å². The molecule has 3 nitrogen and oxygen atoms in total. The summed E-state index contributed by atoms with van der Waals surface area (Å²) in [7, 11) is 2.01. The van der Waals surface area contributed by atoms with Gasteiger partial charge in [0, 0.05) is 30.1 Å². The molecule has 0 saturated carbocycles. The normalized spacial score (nSPS) is 12.8. The minimum absolute atomic E-state index is 0.262. The molecule has 0 aliphatic carbocycles. The molecule has 0 bridgehead atoms. The lowest BCUT2D eigenvalue weighted by Gasteiger charge is -2.17. The molecule has 5 heteroatoms. The molecule has 2 rings (SSSR count). The zero-order valence-corrected chi connectivity index (χ0v) is 13.2. The number of aromatic nitrogens is 2. The van der Waals surface area contributed by atoms with Gasteiger partial charge in [0.25, 0.3) is 0 Å². The van der Waals surface area contributed by atoms with Gasteiger partial charge in [-0.1, -0.05) is 25.4 Å². The molecule has 0 aliphatic rings. The number of likely N-dealkylation sites (N-methyl/N-ethyl adjacent to an activating group) is 1. The number of nitrogens with one attached hydrogen (secondary N) is 1. The minimum atomic E-state index is 0.262. The monoisotopic (exact) mass is 297 g/mol. The third-order valence-corrected chi connectivity index (χ3v) is 4.69. The van der Waals surface area contributed by atoms with Crippen molar-refractivity contribution in [1.29, 1.82) is 0 Å². The van der Waals surface area contributed by atoms with Crippen molar-refractivity contribution in [3.05, 3.63) is 38.8 Å². The van der Waals surface area contributed by atoms with Crippen LogP contribution in [0.5, 0.6) is 0 Å². The maximum Gasteiger partial charge on any atom is 0.0624 e. The van der Waals surface area contributed by atoms with Crippen molar-refractivity contribution < 1.29 is 0 Å². The van der Waals surface area contributed by atoms with E-state index in [2.05, 4.69) is 30.3 Å². The molecule has 2 aromatic rings. The molecular weight excluding hydrogens is 278 g/mol. The summed E-state index contributed by atoms with van der Waals surface area (Å²) in [6.45, 7) is 5.18. The van der Waals surface area contributed by atoms with Gasteiger partial charge in [0.15, 0.2) is 0 Å². The second-order valence-electron chi connectivity index (χ2n) is 4.55. The number of nitrogens with zero attached hydrogens (tertiary/aromatic N) is 2. The fourth-order valence-corrected chi connectivity index (χ4v) is 3.47. The van der Waals surface area contributed by atoms with Crippen LogP contribution in [-0.4, -0.2) is 16.3 Å². The molecule has 0 aromatic carbocycles. The van der Waals surface area contributed by atoms with E-state index >= 15 is 0 Å². The van der Waals surface area contributed by atoms with Gasteiger partial charge in [0.2, 0.25) is 0 Å². The average molecular weight is 298 g/mol. The zero-order chi connectivity index (χ0) is 13.8. The van der Waals surface area contributed by atoms with Gasteiger partial charge in [0.1, 0.15) is 0 Å². The molecule has 0 fully saturated rings. The van der Waals surface area contributed by atoms with Crippen molar-refractivity contribution in [2.45, 2.75) is 32.7 Å². The van der Waals surface area contributed by atoms with E-state index in [1.165, 1.54) is 10.6 Å². The molecule has 1 N–H and O–H groups in total. The van der Waals surface area contributed by atoms with Gasteiger partial charge in [-0.05, 0) is 30.5 Å². The Morgan fingerprint density at radius 2 is 2.26 bits per heavy atom. The molecule has 2 heterocycles. The first-order valence-electron chi connectivity index (χ1n) is 6.63. The Bertz CT molecular complexity index is 533. The predicted octanol–water partition coefficient (Wildman–Crippen LogP) is 3.59. The average Bonchev–Trinajstić information content (AvgIpc) is 2.96. The van der Waals surface area contributed by atoms with E-state index in [1.807, 2.05) is 23.2 Å². The Balaban J connectivity index is 2.21. The second kappa shape index (κ2) is 6.55. The highest BCUT2D eigenvalue weighted by atomic mass is 35.5. The maximum absolute atomic E-state index is 6.26. The first kappa shape index (κ1) is 14.6. The summed E-state index contributed by atoms with van der Waals surface area (Å²) < 4.78 is 1.98. The minimum Gasteiger partial charge on any atom is -0.309 e. The molecule has 0 spiro atoms. The molecule has 19 heavy (non-hydrogen) atoms. The predicted molar refractivity (Wildman–Crippen MR) is 82.0 cm³/mol. The number of aryl methyl sites for hydroxylation is 2. The topological polar surface area (TPSA) is 29.9 Å². The SMILES string of the molecule is CCNC(Cc1cc(CC)nn1C)c1sccc1Cl. The van der Waals surface area contributed by atoms with Crippen LogP contribution in [0.2, 0.25) is 5.02 Å². The van der Waals surface area contributed by atoms with Gasteiger partial charge < -0.3 is 5.32 Å². The zero-order valence-electron chi connectivity index (χ0n) is 11.6. The Hall–Kier alpha value is -0.840. The van der Waals surface area contributed by atoms with E-state index in [9.17, 15) is 0 Å². The quantitative estimate of drug-likeness (QED) is 0.883. The van der Waals surface area contributed by atoms with Crippen molar-refractivity contribution in [2.24, 2.45) is 7.05 Å².